The number of alkyl halides is 4. The van der Waals surface area contributed by atoms with E-state index < -0.39 is 29.2 Å². The van der Waals surface area contributed by atoms with Crippen molar-refractivity contribution in [3.05, 3.63) is 33.9 Å². The van der Waals surface area contributed by atoms with Gasteiger partial charge in [0, 0.05) is 28.4 Å². The van der Waals surface area contributed by atoms with Crippen LogP contribution in [0.2, 0.25) is 5.02 Å². The zero-order valence-corrected chi connectivity index (χ0v) is 16.0. The van der Waals surface area contributed by atoms with Crippen molar-refractivity contribution in [2.45, 2.75) is 38.5 Å². The summed E-state index contributed by atoms with van der Waals surface area (Å²) in [4.78, 5) is 11.1. The molecular weight excluding hydrogens is 394 g/mol. The molecule has 0 saturated heterocycles. The number of ether oxygens (including phenoxy) is 1. The predicted octanol–water partition coefficient (Wildman–Crippen LogP) is 4.61. The normalized spacial score (nSPS) is 16.7. The summed E-state index contributed by atoms with van der Waals surface area (Å²) in [7, 11) is 0. The third-order valence-corrected chi connectivity index (χ3v) is 4.03. The first-order valence-electron chi connectivity index (χ1n) is 7.67. The average Bonchev–Trinajstić information content (AvgIpc) is 2.52. The molecule has 0 aliphatic carbocycles. The van der Waals surface area contributed by atoms with Gasteiger partial charge in [-0.15, -0.1) is 11.6 Å². The fourth-order valence-corrected chi connectivity index (χ4v) is 2.69. The van der Waals surface area contributed by atoms with Gasteiger partial charge in [-0.3, -0.25) is 0 Å². The molecule has 0 bridgehead atoms. The Balaban J connectivity index is 0.00000105. The van der Waals surface area contributed by atoms with Crippen molar-refractivity contribution >= 4 is 35.2 Å². The lowest BCUT2D eigenvalue weighted by molar-refractivity contribution is -0.187. The maximum absolute atomic E-state index is 13.1. The van der Waals surface area contributed by atoms with E-state index in [0.717, 1.165) is 12.0 Å². The molecule has 1 atom stereocenters. The summed E-state index contributed by atoms with van der Waals surface area (Å²) < 4.78 is 44.1. The molecule has 146 valence electrons. The Morgan fingerprint density at radius 1 is 1.35 bits per heavy atom. The minimum atomic E-state index is -4.84. The van der Waals surface area contributed by atoms with Gasteiger partial charge in [0.2, 0.25) is 6.10 Å². The Kier molecular flexibility index (Phi) is 7.39. The Bertz CT molecular complexity index is 703. The van der Waals surface area contributed by atoms with Gasteiger partial charge in [-0.1, -0.05) is 32.4 Å². The number of benzene rings is 1. The number of rotatable bonds is 3. The maximum atomic E-state index is 13.1. The maximum Gasteiger partial charge on any atom is 0.430 e. The van der Waals surface area contributed by atoms with Crippen LogP contribution in [-0.4, -0.2) is 35.8 Å². The molecule has 0 spiro atoms. The Morgan fingerprint density at radius 2 is 1.88 bits per heavy atom. The molecule has 9 heteroatoms. The second-order valence-electron chi connectivity index (χ2n) is 6.17. The van der Waals surface area contributed by atoms with Crippen molar-refractivity contribution in [3.63, 3.8) is 0 Å². The van der Waals surface area contributed by atoms with Gasteiger partial charge in [0.05, 0.1) is 5.57 Å². The van der Waals surface area contributed by atoms with Crippen LogP contribution in [0.4, 0.5) is 13.2 Å². The number of aliphatic carboxylic acids is 1. The zero-order chi connectivity index (χ0) is 20.3. The van der Waals surface area contributed by atoms with Gasteiger partial charge >= 0.3 is 12.1 Å². The topological polar surface area (TPSA) is 72.6 Å². The van der Waals surface area contributed by atoms with Gasteiger partial charge < -0.3 is 15.6 Å². The number of carboxylic acids is 1. The summed E-state index contributed by atoms with van der Waals surface area (Å²) in [5.41, 5.74) is 4.94. The molecular formula is C17H20Cl2F3NO3. The lowest BCUT2D eigenvalue weighted by Gasteiger charge is -2.30. The molecule has 0 fully saturated rings. The highest BCUT2D eigenvalue weighted by Crippen LogP contribution is 2.41. The summed E-state index contributed by atoms with van der Waals surface area (Å²) in [5, 5.41) is 9.28. The van der Waals surface area contributed by atoms with Crippen LogP contribution in [0.5, 0.6) is 5.75 Å². The van der Waals surface area contributed by atoms with Crippen molar-refractivity contribution in [1.82, 2.24) is 0 Å². The molecule has 1 aliphatic heterocycles. The van der Waals surface area contributed by atoms with Gasteiger partial charge in [-0.2, -0.15) is 13.2 Å². The summed E-state index contributed by atoms with van der Waals surface area (Å²) in [6, 6.07) is 2.78. The van der Waals surface area contributed by atoms with Crippen LogP contribution in [0, 0.1) is 0 Å². The molecule has 1 aromatic carbocycles. The van der Waals surface area contributed by atoms with Crippen LogP contribution in [0.1, 0.15) is 31.9 Å². The number of nitrogens with two attached hydrogens (primary N) is 1. The van der Waals surface area contributed by atoms with E-state index in [1.165, 1.54) is 12.1 Å². The van der Waals surface area contributed by atoms with E-state index in [1.54, 1.807) is 13.8 Å². The van der Waals surface area contributed by atoms with Crippen molar-refractivity contribution in [1.29, 1.82) is 0 Å². The summed E-state index contributed by atoms with van der Waals surface area (Å²) >= 11 is 11.2. The van der Waals surface area contributed by atoms with E-state index in [-0.39, 0.29) is 22.9 Å². The van der Waals surface area contributed by atoms with E-state index in [4.69, 9.17) is 38.8 Å². The molecule has 0 saturated carbocycles. The highest BCUT2D eigenvalue weighted by atomic mass is 35.5. The Hall–Kier alpha value is -1.44. The molecule has 0 amide bonds. The van der Waals surface area contributed by atoms with Gasteiger partial charge in [0.1, 0.15) is 5.75 Å². The van der Waals surface area contributed by atoms with E-state index >= 15 is 0 Å². The van der Waals surface area contributed by atoms with Crippen LogP contribution in [-0.2, 0) is 10.2 Å². The van der Waals surface area contributed by atoms with Gasteiger partial charge in [0.25, 0.3) is 0 Å². The summed E-state index contributed by atoms with van der Waals surface area (Å²) in [5.74, 6) is -1.04. The summed E-state index contributed by atoms with van der Waals surface area (Å²) in [6.07, 6.45) is -6.43. The molecule has 26 heavy (non-hydrogen) atoms. The quantitative estimate of drug-likeness (QED) is 0.709. The molecule has 2 rings (SSSR count). The van der Waals surface area contributed by atoms with Crippen molar-refractivity contribution in [2.75, 3.05) is 12.4 Å². The Morgan fingerprint density at radius 3 is 2.31 bits per heavy atom. The minimum absolute atomic E-state index is 0.0711. The zero-order valence-electron chi connectivity index (χ0n) is 14.5. The van der Waals surface area contributed by atoms with Crippen LogP contribution in [0.15, 0.2) is 17.7 Å². The predicted molar refractivity (Wildman–Crippen MR) is 96.0 cm³/mol. The molecule has 1 heterocycles. The largest absolute Gasteiger partial charge is 0.478 e. The number of hydrogen-bond donors (Lipinski definition) is 2. The molecule has 3 N–H and O–H groups in total. The number of halogens is 5. The van der Waals surface area contributed by atoms with Gasteiger partial charge in [0.15, 0.2) is 0 Å². The number of carboxylic acid groups (broad SMARTS) is 1. The standard InChI is InChI=1S/C15H15ClF3NO3.C2H5Cl/c1-14(2,6-20)9-5-11-7(4-10(9)16)3-8(13(21)22)12(23-11)15(17,18)19;1-2-3/h3-5,12H,6,20H2,1-2H3,(H,21,22);2H2,1H3. The van der Waals surface area contributed by atoms with E-state index in [0.29, 0.717) is 5.56 Å². The van der Waals surface area contributed by atoms with Gasteiger partial charge in [-0.05, 0) is 23.8 Å². The lowest BCUT2D eigenvalue weighted by atomic mass is 9.83. The highest BCUT2D eigenvalue weighted by molar-refractivity contribution is 6.31. The number of fused-ring (bicyclic) bond motifs is 1. The summed E-state index contributed by atoms with van der Waals surface area (Å²) in [6.45, 7) is 5.71. The van der Waals surface area contributed by atoms with Crippen molar-refractivity contribution in [3.8, 4) is 5.75 Å². The molecule has 1 unspecified atom stereocenters. The fraction of sp³-hybridized carbons (Fsp3) is 0.471. The van der Waals surface area contributed by atoms with Crippen molar-refractivity contribution in [2.24, 2.45) is 5.73 Å². The smallest absolute Gasteiger partial charge is 0.430 e. The molecule has 1 aromatic rings. The first-order valence-corrected chi connectivity index (χ1v) is 8.58. The first kappa shape index (κ1) is 22.6. The SMILES string of the molecule is CC(C)(CN)c1cc2c(cc1Cl)C=C(C(=O)O)C(C(F)(F)F)O2.CCCl. The third kappa shape index (κ3) is 5.05. The van der Waals surface area contributed by atoms with Crippen LogP contribution < -0.4 is 10.5 Å². The number of hydrogen-bond acceptors (Lipinski definition) is 3. The highest BCUT2D eigenvalue weighted by Gasteiger charge is 2.48. The second-order valence-corrected chi connectivity index (χ2v) is 7.11. The van der Waals surface area contributed by atoms with E-state index in [1.807, 2.05) is 6.92 Å². The number of carbonyl (C=O) groups is 1. The van der Waals surface area contributed by atoms with Crippen LogP contribution >= 0.6 is 23.2 Å². The molecule has 0 radical (unpaired) electrons. The molecule has 4 nitrogen and oxygen atoms in total. The monoisotopic (exact) mass is 413 g/mol. The third-order valence-electron chi connectivity index (χ3n) is 3.72. The molecule has 1 aliphatic rings. The van der Waals surface area contributed by atoms with Crippen LogP contribution in [0.3, 0.4) is 0 Å². The van der Waals surface area contributed by atoms with Crippen molar-refractivity contribution < 1.29 is 27.8 Å². The van der Waals surface area contributed by atoms with Crippen LogP contribution in [0.25, 0.3) is 6.08 Å². The minimum Gasteiger partial charge on any atom is -0.478 e. The van der Waals surface area contributed by atoms with Gasteiger partial charge in [-0.25, -0.2) is 4.79 Å². The Labute approximate surface area is 159 Å². The molecule has 0 aromatic heterocycles. The second kappa shape index (κ2) is 8.50. The first-order chi connectivity index (χ1) is 11.9. The van der Waals surface area contributed by atoms with E-state index in [9.17, 15) is 18.0 Å². The average molecular weight is 414 g/mol. The fourth-order valence-electron chi connectivity index (χ4n) is 2.26. The van der Waals surface area contributed by atoms with E-state index in [2.05, 4.69) is 0 Å². The lowest BCUT2D eigenvalue weighted by Crippen LogP contribution is -2.40.